The van der Waals surface area contributed by atoms with Crippen LogP contribution in [0.1, 0.15) is 47.5 Å². The fraction of sp³-hybridized carbons (Fsp3) is 0.909. The van der Waals surface area contributed by atoms with Crippen molar-refractivity contribution in [1.82, 2.24) is 4.31 Å². The van der Waals surface area contributed by atoms with Crippen molar-refractivity contribution in [2.75, 3.05) is 12.4 Å². The minimum Gasteiger partial charge on any atom is -0.449 e. The fourth-order valence-corrected chi connectivity index (χ4v) is 2.15. The highest BCUT2D eigenvalue weighted by Gasteiger charge is 2.27. The molecule has 0 bridgehead atoms. The summed E-state index contributed by atoms with van der Waals surface area (Å²) in [5.41, 5.74) is -0.190. The summed E-state index contributed by atoms with van der Waals surface area (Å²) >= 11 is 1.56. The van der Waals surface area contributed by atoms with Crippen molar-refractivity contribution in [3.63, 3.8) is 0 Å². The maximum atomic E-state index is 11.7. The van der Waals surface area contributed by atoms with Gasteiger partial charge in [0.15, 0.2) is 0 Å². The Hall–Kier alpha value is -0.380. The lowest BCUT2D eigenvalue weighted by molar-refractivity contribution is 0.114. The number of hydrogen-bond acceptors (Lipinski definition) is 3. The first-order chi connectivity index (χ1) is 6.93. The molecule has 0 aromatic carbocycles. The smallest absolute Gasteiger partial charge is 0.420 e. The quantitative estimate of drug-likeness (QED) is 0.536. The van der Waals surface area contributed by atoms with E-state index in [-0.39, 0.29) is 11.6 Å². The molecule has 0 N–H and O–H groups in total. The number of carbonyl (C=O) groups excluding carboxylic acids is 1. The monoisotopic (exact) mass is 233 g/mol. The third-order valence-corrected chi connectivity index (χ3v) is 3.19. The van der Waals surface area contributed by atoms with Gasteiger partial charge in [0, 0.05) is 11.3 Å². The van der Waals surface area contributed by atoms with Crippen molar-refractivity contribution < 1.29 is 9.53 Å². The number of nitrogens with zero attached hydrogens (tertiary/aromatic N) is 1. The van der Waals surface area contributed by atoms with E-state index >= 15 is 0 Å². The van der Waals surface area contributed by atoms with Crippen LogP contribution in [-0.4, -0.2) is 28.3 Å². The fourth-order valence-electron chi connectivity index (χ4n) is 1.00. The molecule has 0 spiro atoms. The first-order valence-corrected chi connectivity index (χ1v) is 6.47. The Balaban J connectivity index is 4.25. The number of ether oxygens (including phenoxy) is 1. The minimum atomic E-state index is -0.230. The van der Waals surface area contributed by atoms with Gasteiger partial charge in [-0.25, -0.2) is 9.10 Å². The summed E-state index contributed by atoms with van der Waals surface area (Å²) in [4.78, 5) is 11.7. The van der Waals surface area contributed by atoms with Gasteiger partial charge in [0.05, 0.1) is 6.61 Å². The van der Waals surface area contributed by atoms with E-state index in [1.54, 1.807) is 16.3 Å². The van der Waals surface area contributed by atoms with Crippen LogP contribution in [0.2, 0.25) is 0 Å². The highest BCUT2D eigenvalue weighted by molar-refractivity contribution is 7.97. The van der Waals surface area contributed by atoms with Gasteiger partial charge < -0.3 is 4.74 Å². The maximum Gasteiger partial charge on any atom is 0.420 e. The largest absolute Gasteiger partial charge is 0.449 e. The molecule has 15 heavy (non-hydrogen) atoms. The predicted molar refractivity (Wildman–Crippen MR) is 66.0 cm³/mol. The molecule has 0 aromatic rings. The first-order valence-electron chi connectivity index (χ1n) is 5.53. The van der Waals surface area contributed by atoms with Gasteiger partial charge in [-0.3, -0.25) is 0 Å². The lowest BCUT2D eigenvalue weighted by Gasteiger charge is -2.33. The Morgan fingerprint density at radius 2 is 1.93 bits per heavy atom. The highest BCUT2D eigenvalue weighted by Crippen LogP contribution is 2.25. The van der Waals surface area contributed by atoms with Crippen LogP contribution in [0.25, 0.3) is 0 Å². The molecule has 0 rings (SSSR count). The Labute approximate surface area is 97.7 Å². The second kappa shape index (κ2) is 6.99. The molecule has 4 heteroatoms. The highest BCUT2D eigenvalue weighted by atomic mass is 32.2. The standard InChI is InChI=1S/C11H23NO2S/c1-6-8-9-15-12(11(3,4)5)10(13)14-7-2/h6-9H2,1-5H3. The van der Waals surface area contributed by atoms with Gasteiger partial charge in [0.1, 0.15) is 0 Å². The average molecular weight is 233 g/mol. The van der Waals surface area contributed by atoms with Crippen LogP contribution in [-0.2, 0) is 4.74 Å². The van der Waals surface area contributed by atoms with Gasteiger partial charge >= 0.3 is 6.09 Å². The second-order valence-corrected chi connectivity index (χ2v) is 5.38. The zero-order chi connectivity index (χ0) is 11.9. The second-order valence-electron chi connectivity index (χ2n) is 4.35. The Bertz CT molecular complexity index is 190. The third kappa shape index (κ3) is 5.92. The molecule has 3 nitrogen and oxygen atoms in total. The summed E-state index contributed by atoms with van der Waals surface area (Å²) < 4.78 is 6.76. The molecule has 0 aliphatic rings. The number of hydrogen-bond donors (Lipinski definition) is 0. The van der Waals surface area contributed by atoms with Crippen molar-refractivity contribution in [3.8, 4) is 0 Å². The van der Waals surface area contributed by atoms with Crippen LogP contribution in [0, 0.1) is 0 Å². The number of unbranched alkanes of at least 4 members (excludes halogenated alkanes) is 1. The predicted octanol–water partition coefficient (Wildman–Crippen LogP) is 3.69. The zero-order valence-electron chi connectivity index (χ0n) is 10.5. The molecule has 0 saturated heterocycles. The molecular weight excluding hydrogens is 210 g/mol. The number of carbonyl (C=O) groups is 1. The summed E-state index contributed by atoms with van der Waals surface area (Å²) in [7, 11) is 0. The van der Waals surface area contributed by atoms with Crippen molar-refractivity contribution in [2.24, 2.45) is 0 Å². The number of rotatable bonds is 5. The summed E-state index contributed by atoms with van der Waals surface area (Å²) in [5, 5.41) is 0. The molecule has 1 amide bonds. The van der Waals surface area contributed by atoms with Crippen LogP contribution in [0.15, 0.2) is 0 Å². The van der Waals surface area contributed by atoms with E-state index in [0.29, 0.717) is 6.61 Å². The molecule has 0 unspecified atom stereocenters. The lowest BCUT2D eigenvalue weighted by Crippen LogP contribution is -2.41. The SMILES string of the molecule is CCCCSN(C(=O)OCC)C(C)(C)C. The van der Waals surface area contributed by atoms with Gasteiger partial charge in [-0.2, -0.15) is 0 Å². The van der Waals surface area contributed by atoms with Gasteiger partial charge in [0.2, 0.25) is 0 Å². The minimum absolute atomic E-state index is 0.190. The third-order valence-electron chi connectivity index (χ3n) is 1.76. The Morgan fingerprint density at radius 3 is 2.33 bits per heavy atom. The topological polar surface area (TPSA) is 29.5 Å². The van der Waals surface area contributed by atoms with E-state index in [1.165, 1.54) is 0 Å². The Morgan fingerprint density at radius 1 is 1.33 bits per heavy atom. The molecule has 0 saturated carbocycles. The van der Waals surface area contributed by atoms with E-state index in [2.05, 4.69) is 6.92 Å². The van der Waals surface area contributed by atoms with Crippen LogP contribution >= 0.6 is 11.9 Å². The van der Waals surface area contributed by atoms with Crippen LogP contribution in [0.4, 0.5) is 4.79 Å². The van der Waals surface area contributed by atoms with Crippen LogP contribution in [0.5, 0.6) is 0 Å². The molecule has 0 aromatic heterocycles. The van der Waals surface area contributed by atoms with E-state index in [1.807, 2.05) is 27.7 Å². The van der Waals surface area contributed by atoms with E-state index < -0.39 is 0 Å². The van der Waals surface area contributed by atoms with Crippen molar-refractivity contribution in [2.45, 2.75) is 53.0 Å². The molecule has 0 atom stereocenters. The maximum absolute atomic E-state index is 11.7. The molecular formula is C11H23NO2S. The summed E-state index contributed by atoms with van der Waals surface area (Å²) in [6, 6.07) is 0. The van der Waals surface area contributed by atoms with Crippen molar-refractivity contribution in [3.05, 3.63) is 0 Å². The molecule has 0 radical (unpaired) electrons. The molecule has 90 valence electrons. The Kier molecular flexibility index (Phi) is 6.81. The molecule has 0 fully saturated rings. The normalized spacial score (nSPS) is 11.3. The molecule has 0 heterocycles. The van der Waals surface area contributed by atoms with Gasteiger partial charge in [0.25, 0.3) is 0 Å². The van der Waals surface area contributed by atoms with E-state index in [4.69, 9.17) is 4.74 Å². The first kappa shape index (κ1) is 14.6. The van der Waals surface area contributed by atoms with Crippen LogP contribution in [0.3, 0.4) is 0 Å². The molecule has 0 aliphatic heterocycles. The lowest BCUT2D eigenvalue weighted by atomic mass is 10.1. The number of amides is 1. The summed E-state index contributed by atoms with van der Waals surface area (Å²) in [5.74, 6) is 0.965. The summed E-state index contributed by atoms with van der Waals surface area (Å²) in [6.07, 6.45) is 2.04. The zero-order valence-corrected chi connectivity index (χ0v) is 11.3. The van der Waals surface area contributed by atoms with E-state index in [9.17, 15) is 4.79 Å². The van der Waals surface area contributed by atoms with Gasteiger partial charge in [-0.05, 0) is 46.1 Å². The van der Waals surface area contributed by atoms with Crippen molar-refractivity contribution in [1.29, 1.82) is 0 Å². The van der Waals surface area contributed by atoms with Gasteiger partial charge in [-0.15, -0.1) is 0 Å². The van der Waals surface area contributed by atoms with E-state index in [0.717, 1.165) is 18.6 Å². The summed E-state index contributed by atoms with van der Waals surface area (Å²) in [6.45, 7) is 10.5. The van der Waals surface area contributed by atoms with Gasteiger partial charge in [-0.1, -0.05) is 13.3 Å². The van der Waals surface area contributed by atoms with Crippen molar-refractivity contribution >= 4 is 18.0 Å². The average Bonchev–Trinajstić information content (AvgIpc) is 2.10. The molecule has 0 aliphatic carbocycles. The van der Waals surface area contributed by atoms with Crippen LogP contribution < -0.4 is 0 Å².